The normalized spacial score (nSPS) is 31.0. The molecule has 5 heteroatoms. The van der Waals surface area contributed by atoms with Crippen molar-refractivity contribution in [3.8, 4) is 0 Å². The molecule has 1 amide bonds. The van der Waals surface area contributed by atoms with Crippen LogP contribution in [0.5, 0.6) is 0 Å². The van der Waals surface area contributed by atoms with Crippen LogP contribution >= 0.6 is 0 Å². The van der Waals surface area contributed by atoms with E-state index in [1.54, 1.807) is 0 Å². The van der Waals surface area contributed by atoms with Crippen LogP contribution in [0.1, 0.15) is 40.0 Å². The van der Waals surface area contributed by atoms with Crippen molar-refractivity contribution in [1.82, 2.24) is 10.2 Å². The Kier molecular flexibility index (Phi) is 5.63. The molecule has 1 N–H and O–H groups in total. The van der Waals surface area contributed by atoms with Gasteiger partial charge < -0.3 is 19.7 Å². The summed E-state index contributed by atoms with van der Waals surface area (Å²) in [6.45, 7) is 9.15. The van der Waals surface area contributed by atoms with Gasteiger partial charge in [-0.25, -0.2) is 0 Å². The van der Waals surface area contributed by atoms with Gasteiger partial charge in [0.15, 0.2) is 0 Å². The minimum Gasteiger partial charge on any atom is -0.378 e. The third-order valence-electron chi connectivity index (χ3n) is 5.03. The van der Waals surface area contributed by atoms with Gasteiger partial charge in [-0.1, -0.05) is 13.8 Å². The van der Waals surface area contributed by atoms with E-state index in [2.05, 4.69) is 19.2 Å². The summed E-state index contributed by atoms with van der Waals surface area (Å²) in [5.74, 6) is 0.154. The molecule has 0 aromatic carbocycles. The third kappa shape index (κ3) is 3.76. The minimum atomic E-state index is 0.0367. The van der Waals surface area contributed by atoms with Crippen LogP contribution in [0, 0.1) is 5.41 Å². The maximum atomic E-state index is 12.3. The van der Waals surface area contributed by atoms with Gasteiger partial charge in [-0.05, 0) is 26.2 Å². The van der Waals surface area contributed by atoms with Gasteiger partial charge in [-0.2, -0.15) is 0 Å². The zero-order valence-corrected chi connectivity index (χ0v) is 13.9. The standard InChI is InChI=1S/C16H30N2O3/c1-5-20-14-9-13(16(14,2)3)18(4)15(19)11-17-10-12-7-6-8-21-12/h12-14,17H,5-11H2,1-4H3/t12-,13-,14-/m1/s1. The first-order valence-electron chi connectivity index (χ1n) is 8.16. The molecule has 0 aromatic heterocycles. The number of carbonyl (C=O) groups is 1. The monoisotopic (exact) mass is 298 g/mol. The molecule has 1 saturated carbocycles. The second kappa shape index (κ2) is 7.07. The number of likely N-dealkylation sites (N-methyl/N-ethyl adjacent to an activating group) is 1. The smallest absolute Gasteiger partial charge is 0.236 e. The van der Waals surface area contributed by atoms with Gasteiger partial charge in [-0.15, -0.1) is 0 Å². The Hall–Kier alpha value is -0.650. The van der Waals surface area contributed by atoms with Crippen molar-refractivity contribution in [3.05, 3.63) is 0 Å². The summed E-state index contributed by atoms with van der Waals surface area (Å²) in [7, 11) is 1.91. The largest absolute Gasteiger partial charge is 0.378 e. The van der Waals surface area contributed by atoms with E-state index in [1.165, 1.54) is 0 Å². The van der Waals surface area contributed by atoms with E-state index >= 15 is 0 Å². The zero-order valence-electron chi connectivity index (χ0n) is 13.9. The highest BCUT2D eigenvalue weighted by atomic mass is 16.5. The lowest BCUT2D eigenvalue weighted by Crippen LogP contribution is -2.63. The van der Waals surface area contributed by atoms with Gasteiger partial charge in [0.05, 0.1) is 18.8 Å². The van der Waals surface area contributed by atoms with Crippen LogP contribution in [0.15, 0.2) is 0 Å². The third-order valence-corrected chi connectivity index (χ3v) is 5.03. The number of nitrogens with zero attached hydrogens (tertiary/aromatic N) is 1. The molecule has 1 aliphatic carbocycles. The molecule has 0 bridgehead atoms. The molecule has 0 radical (unpaired) electrons. The average Bonchev–Trinajstić information content (AvgIpc) is 2.95. The summed E-state index contributed by atoms with van der Waals surface area (Å²) in [6, 6.07) is 0.270. The summed E-state index contributed by atoms with van der Waals surface area (Å²) in [4.78, 5) is 14.2. The Morgan fingerprint density at radius 1 is 1.48 bits per heavy atom. The van der Waals surface area contributed by atoms with E-state index in [-0.39, 0.29) is 29.6 Å². The molecule has 2 aliphatic rings. The van der Waals surface area contributed by atoms with Crippen LogP contribution in [0.2, 0.25) is 0 Å². The summed E-state index contributed by atoms with van der Waals surface area (Å²) in [5, 5.41) is 3.23. The minimum absolute atomic E-state index is 0.0367. The topological polar surface area (TPSA) is 50.8 Å². The zero-order chi connectivity index (χ0) is 15.5. The van der Waals surface area contributed by atoms with Crippen molar-refractivity contribution in [1.29, 1.82) is 0 Å². The van der Waals surface area contributed by atoms with E-state index in [0.717, 1.165) is 39.0 Å². The maximum Gasteiger partial charge on any atom is 0.236 e. The molecule has 0 aromatic rings. The first-order valence-corrected chi connectivity index (χ1v) is 8.16. The van der Waals surface area contributed by atoms with Gasteiger partial charge in [0.25, 0.3) is 0 Å². The summed E-state index contributed by atoms with van der Waals surface area (Å²) < 4.78 is 11.3. The first kappa shape index (κ1) is 16.7. The second-order valence-corrected chi connectivity index (χ2v) is 6.79. The van der Waals surface area contributed by atoms with E-state index in [1.807, 2.05) is 18.9 Å². The number of hydrogen-bond acceptors (Lipinski definition) is 4. The molecule has 21 heavy (non-hydrogen) atoms. The number of hydrogen-bond donors (Lipinski definition) is 1. The number of carbonyl (C=O) groups excluding carboxylic acids is 1. The molecule has 1 heterocycles. The molecule has 1 saturated heterocycles. The Bertz CT molecular complexity index is 353. The Morgan fingerprint density at radius 2 is 2.24 bits per heavy atom. The van der Waals surface area contributed by atoms with E-state index in [4.69, 9.17) is 9.47 Å². The Balaban J connectivity index is 1.72. The lowest BCUT2D eigenvalue weighted by Gasteiger charge is -2.54. The van der Waals surface area contributed by atoms with Crippen molar-refractivity contribution >= 4 is 5.91 Å². The molecule has 3 atom stereocenters. The van der Waals surface area contributed by atoms with E-state index in [0.29, 0.717) is 6.54 Å². The van der Waals surface area contributed by atoms with Gasteiger partial charge >= 0.3 is 0 Å². The van der Waals surface area contributed by atoms with Crippen LogP contribution in [-0.2, 0) is 14.3 Å². The highest BCUT2D eigenvalue weighted by Gasteiger charge is 2.51. The van der Waals surface area contributed by atoms with Crippen LogP contribution < -0.4 is 5.32 Å². The van der Waals surface area contributed by atoms with Crippen molar-refractivity contribution in [2.24, 2.45) is 5.41 Å². The van der Waals surface area contributed by atoms with E-state index < -0.39 is 0 Å². The van der Waals surface area contributed by atoms with Gasteiger partial charge in [-0.3, -0.25) is 4.79 Å². The first-order chi connectivity index (χ1) is 9.96. The lowest BCUT2D eigenvalue weighted by atomic mass is 9.64. The van der Waals surface area contributed by atoms with Crippen molar-refractivity contribution in [3.63, 3.8) is 0 Å². The summed E-state index contributed by atoms with van der Waals surface area (Å²) in [5.41, 5.74) is 0.0367. The molecule has 0 spiro atoms. The van der Waals surface area contributed by atoms with E-state index in [9.17, 15) is 4.79 Å². The number of amides is 1. The molecule has 0 unspecified atom stereocenters. The maximum absolute atomic E-state index is 12.3. The molecular weight excluding hydrogens is 268 g/mol. The average molecular weight is 298 g/mol. The van der Waals surface area contributed by atoms with Crippen LogP contribution in [-0.4, -0.2) is 62.4 Å². The lowest BCUT2D eigenvalue weighted by molar-refractivity contribution is -0.162. The summed E-state index contributed by atoms with van der Waals surface area (Å²) >= 11 is 0. The van der Waals surface area contributed by atoms with Crippen molar-refractivity contribution in [2.45, 2.75) is 58.3 Å². The molecule has 5 nitrogen and oxygen atoms in total. The van der Waals surface area contributed by atoms with Gasteiger partial charge in [0, 0.05) is 38.3 Å². The van der Waals surface area contributed by atoms with Crippen molar-refractivity contribution in [2.75, 3.05) is 33.4 Å². The fraction of sp³-hybridized carbons (Fsp3) is 0.938. The predicted molar refractivity (Wildman–Crippen MR) is 82.2 cm³/mol. The molecule has 2 rings (SSSR count). The fourth-order valence-corrected chi connectivity index (χ4v) is 3.45. The highest BCUT2D eigenvalue weighted by molar-refractivity contribution is 5.78. The molecule has 1 aliphatic heterocycles. The fourth-order valence-electron chi connectivity index (χ4n) is 3.45. The van der Waals surface area contributed by atoms with Crippen LogP contribution in [0.25, 0.3) is 0 Å². The summed E-state index contributed by atoms with van der Waals surface area (Å²) in [6.07, 6.45) is 3.72. The number of nitrogens with one attached hydrogen (secondary N) is 1. The Labute approximate surface area is 128 Å². The Morgan fingerprint density at radius 3 is 2.81 bits per heavy atom. The predicted octanol–water partition coefficient (Wildman–Crippen LogP) is 1.42. The highest BCUT2D eigenvalue weighted by Crippen LogP contribution is 2.45. The second-order valence-electron chi connectivity index (χ2n) is 6.79. The number of ether oxygens (including phenoxy) is 2. The van der Waals surface area contributed by atoms with Crippen LogP contribution in [0.4, 0.5) is 0 Å². The van der Waals surface area contributed by atoms with Gasteiger partial charge in [0.2, 0.25) is 5.91 Å². The quantitative estimate of drug-likeness (QED) is 0.772. The van der Waals surface area contributed by atoms with Crippen molar-refractivity contribution < 1.29 is 14.3 Å². The molecule has 122 valence electrons. The molecular formula is C16H30N2O3. The van der Waals surface area contributed by atoms with Gasteiger partial charge in [0.1, 0.15) is 0 Å². The van der Waals surface area contributed by atoms with Crippen LogP contribution in [0.3, 0.4) is 0 Å². The number of rotatable bonds is 7. The SMILES string of the molecule is CCO[C@@H]1C[C@@H](N(C)C(=O)CNC[C@H]2CCCO2)C1(C)C. The molecule has 2 fully saturated rings.